The van der Waals surface area contributed by atoms with Gasteiger partial charge in [-0.05, 0) is 41.8 Å². The second-order valence-electron chi connectivity index (χ2n) is 8.40. The molecular weight excluding hydrogens is 398 g/mol. The van der Waals surface area contributed by atoms with Crippen LogP contribution in [0.15, 0.2) is 48.7 Å². The van der Waals surface area contributed by atoms with Crippen LogP contribution in [-0.2, 0) is 4.74 Å². The third kappa shape index (κ3) is 4.61. The van der Waals surface area contributed by atoms with Crippen molar-refractivity contribution in [2.45, 2.75) is 6.92 Å². The number of hydrogen-bond donors (Lipinski definition) is 0. The highest BCUT2D eigenvalue weighted by atomic mass is 16.5. The van der Waals surface area contributed by atoms with Gasteiger partial charge >= 0.3 is 0 Å². The van der Waals surface area contributed by atoms with Crippen molar-refractivity contribution < 1.29 is 4.74 Å². The summed E-state index contributed by atoms with van der Waals surface area (Å²) in [6, 6.07) is 15.0. The maximum Gasteiger partial charge on any atom is 0.137 e. The molecule has 1 aromatic carbocycles. The molecule has 2 aliphatic rings. The average molecular weight is 430 g/mol. The van der Waals surface area contributed by atoms with E-state index in [0.717, 1.165) is 81.9 Å². The highest BCUT2D eigenvalue weighted by Crippen LogP contribution is 2.27. The minimum atomic E-state index is 0.771. The summed E-state index contributed by atoms with van der Waals surface area (Å²) in [4.78, 5) is 16.9. The lowest BCUT2D eigenvalue weighted by atomic mass is 10.1. The summed E-state index contributed by atoms with van der Waals surface area (Å²) in [5.74, 6) is 2.11. The van der Waals surface area contributed by atoms with Crippen LogP contribution in [0.5, 0.6) is 0 Å². The van der Waals surface area contributed by atoms with Gasteiger partial charge in [0.1, 0.15) is 11.6 Å². The van der Waals surface area contributed by atoms with E-state index >= 15 is 0 Å². The van der Waals surface area contributed by atoms with E-state index in [1.807, 2.05) is 6.20 Å². The predicted octanol–water partition coefficient (Wildman–Crippen LogP) is 3.78. The van der Waals surface area contributed by atoms with E-state index in [0.29, 0.717) is 0 Å². The van der Waals surface area contributed by atoms with Crippen LogP contribution in [-0.4, -0.2) is 73.9 Å². The Morgan fingerprint density at radius 1 is 0.906 bits per heavy atom. The lowest BCUT2D eigenvalue weighted by Crippen LogP contribution is -2.46. The van der Waals surface area contributed by atoms with Gasteiger partial charge in [0.05, 0.1) is 18.9 Å². The molecule has 166 valence electrons. The van der Waals surface area contributed by atoms with Gasteiger partial charge in [0.25, 0.3) is 0 Å². The summed E-state index contributed by atoms with van der Waals surface area (Å²) in [6.45, 7) is 10.9. The van der Waals surface area contributed by atoms with Crippen molar-refractivity contribution in [3.63, 3.8) is 0 Å². The van der Waals surface area contributed by atoms with Gasteiger partial charge in [0, 0.05) is 50.9 Å². The van der Waals surface area contributed by atoms with Crippen LogP contribution in [0.4, 0.5) is 11.6 Å². The highest BCUT2D eigenvalue weighted by molar-refractivity contribution is 5.94. The second-order valence-corrected chi connectivity index (χ2v) is 8.40. The van der Waals surface area contributed by atoms with Gasteiger partial charge in [-0.25, -0.2) is 9.97 Å². The number of likely N-dealkylation sites (N-methyl/N-ethyl adjacent to an activating group) is 1. The van der Waals surface area contributed by atoms with Crippen molar-refractivity contribution in [1.82, 2.24) is 14.9 Å². The molecule has 0 amide bonds. The second kappa shape index (κ2) is 9.67. The number of morpholine rings is 1. The molecule has 0 atom stereocenters. The molecule has 2 fully saturated rings. The van der Waals surface area contributed by atoms with Crippen LogP contribution in [0.25, 0.3) is 22.9 Å². The van der Waals surface area contributed by atoms with Crippen molar-refractivity contribution in [3.05, 3.63) is 59.9 Å². The molecule has 0 radical (unpaired) electrons. The normalized spacial score (nSPS) is 18.0. The van der Waals surface area contributed by atoms with Gasteiger partial charge in [-0.15, -0.1) is 0 Å². The number of fused-ring (bicyclic) bond motifs is 1. The zero-order chi connectivity index (χ0) is 21.8. The molecule has 0 spiro atoms. The summed E-state index contributed by atoms with van der Waals surface area (Å²) >= 11 is 0. The zero-order valence-corrected chi connectivity index (χ0v) is 18.8. The van der Waals surface area contributed by atoms with Crippen LogP contribution >= 0.6 is 0 Å². The van der Waals surface area contributed by atoms with Crippen LogP contribution in [0.3, 0.4) is 0 Å². The lowest BCUT2D eigenvalue weighted by molar-refractivity contribution is 0.122. The van der Waals surface area contributed by atoms with E-state index in [1.54, 1.807) is 0 Å². The summed E-state index contributed by atoms with van der Waals surface area (Å²) < 4.78 is 5.43. The molecule has 2 aromatic heterocycles. The molecule has 6 nitrogen and oxygen atoms in total. The lowest BCUT2D eigenvalue weighted by Gasteiger charge is -2.35. The quantitative estimate of drug-likeness (QED) is 0.615. The van der Waals surface area contributed by atoms with Gasteiger partial charge in [-0.1, -0.05) is 37.3 Å². The Kier molecular flexibility index (Phi) is 6.32. The first-order valence-electron chi connectivity index (χ1n) is 11.6. The van der Waals surface area contributed by atoms with E-state index in [-0.39, 0.29) is 0 Å². The van der Waals surface area contributed by atoms with Gasteiger partial charge in [-0.2, -0.15) is 0 Å². The monoisotopic (exact) mass is 429 g/mol. The topological polar surface area (TPSA) is 44.7 Å². The Morgan fingerprint density at radius 3 is 2.47 bits per heavy atom. The number of piperazine rings is 1. The predicted molar refractivity (Wildman–Crippen MR) is 132 cm³/mol. The summed E-state index contributed by atoms with van der Waals surface area (Å²) in [7, 11) is 0. The van der Waals surface area contributed by atoms with E-state index < -0.39 is 0 Å². The summed E-state index contributed by atoms with van der Waals surface area (Å²) in [5, 5.41) is 2.46. The van der Waals surface area contributed by atoms with E-state index in [1.165, 1.54) is 10.8 Å². The first-order valence-corrected chi connectivity index (χ1v) is 11.6. The molecule has 0 saturated carbocycles. The molecule has 6 heteroatoms. The van der Waals surface area contributed by atoms with Crippen LogP contribution < -0.4 is 9.80 Å². The molecule has 5 rings (SSSR count). The fraction of sp³-hybridized carbons (Fsp3) is 0.385. The van der Waals surface area contributed by atoms with Crippen LogP contribution in [0.1, 0.15) is 18.2 Å². The molecule has 0 bridgehead atoms. The molecule has 0 aliphatic carbocycles. The minimum absolute atomic E-state index is 0.771. The van der Waals surface area contributed by atoms with Crippen molar-refractivity contribution in [2.24, 2.45) is 0 Å². The smallest absolute Gasteiger partial charge is 0.137 e. The third-order valence-corrected chi connectivity index (χ3v) is 6.41. The van der Waals surface area contributed by atoms with E-state index in [9.17, 15) is 0 Å². The highest BCUT2D eigenvalue weighted by Gasteiger charge is 2.19. The number of nitrogens with zero attached hydrogens (tertiary/aromatic N) is 5. The molecular formula is C26H31N5O. The van der Waals surface area contributed by atoms with Gasteiger partial charge < -0.3 is 19.4 Å². The standard InChI is InChI=1S/C26H31N5O/c1-2-29-11-13-31(14-12-29)26-24-6-4-3-5-22(24)19-23(28-26)9-7-21-8-10-25(27-20-21)30-15-17-32-18-16-30/h3-10,19-20H,2,11-18H2,1H3/b9-7+. The molecule has 2 saturated heterocycles. The SMILES string of the molecule is CCN1CCN(c2nc(/C=C/c3ccc(N4CCOCC4)nc3)cc3ccccc23)CC1. The Labute approximate surface area is 190 Å². The number of ether oxygens (including phenoxy) is 1. The largest absolute Gasteiger partial charge is 0.378 e. The first kappa shape index (κ1) is 20.9. The summed E-state index contributed by atoms with van der Waals surface area (Å²) in [6.07, 6.45) is 6.14. The third-order valence-electron chi connectivity index (χ3n) is 6.41. The number of rotatable bonds is 5. The Morgan fingerprint density at radius 2 is 1.72 bits per heavy atom. The number of hydrogen-bond acceptors (Lipinski definition) is 6. The van der Waals surface area contributed by atoms with Crippen molar-refractivity contribution in [2.75, 3.05) is 68.8 Å². The first-order chi connectivity index (χ1) is 15.8. The zero-order valence-electron chi connectivity index (χ0n) is 18.8. The molecule has 2 aliphatic heterocycles. The van der Waals surface area contributed by atoms with Gasteiger partial charge in [0.2, 0.25) is 0 Å². The van der Waals surface area contributed by atoms with Crippen LogP contribution in [0, 0.1) is 0 Å². The van der Waals surface area contributed by atoms with E-state index in [4.69, 9.17) is 9.72 Å². The number of aromatic nitrogens is 2. The van der Waals surface area contributed by atoms with Crippen molar-refractivity contribution >= 4 is 34.6 Å². The Balaban J connectivity index is 1.37. The Hall–Kier alpha value is -2.96. The van der Waals surface area contributed by atoms with Gasteiger partial charge in [0.15, 0.2) is 0 Å². The number of benzene rings is 1. The number of anilines is 2. The maximum absolute atomic E-state index is 5.43. The van der Waals surface area contributed by atoms with Crippen molar-refractivity contribution in [1.29, 1.82) is 0 Å². The maximum atomic E-state index is 5.43. The molecule has 0 N–H and O–H groups in total. The Bertz CT molecular complexity index is 1070. The number of pyridine rings is 2. The molecule has 32 heavy (non-hydrogen) atoms. The van der Waals surface area contributed by atoms with Crippen molar-refractivity contribution in [3.8, 4) is 0 Å². The minimum Gasteiger partial charge on any atom is -0.378 e. The fourth-order valence-corrected chi connectivity index (χ4v) is 4.46. The average Bonchev–Trinajstić information content (AvgIpc) is 2.88. The fourth-order valence-electron chi connectivity index (χ4n) is 4.46. The molecule has 0 unspecified atom stereocenters. The molecule has 4 heterocycles. The van der Waals surface area contributed by atoms with Gasteiger partial charge in [-0.3, -0.25) is 0 Å². The summed E-state index contributed by atoms with van der Waals surface area (Å²) in [5.41, 5.74) is 2.06. The van der Waals surface area contributed by atoms with Crippen LogP contribution in [0.2, 0.25) is 0 Å². The molecule has 3 aromatic rings. The van der Waals surface area contributed by atoms with E-state index in [2.05, 4.69) is 81.2 Å².